The molecule has 0 saturated carbocycles. The van der Waals surface area contributed by atoms with Gasteiger partial charge in [0, 0.05) is 29.1 Å². The van der Waals surface area contributed by atoms with E-state index >= 15 is 0 Å². The normalized spacial score (nSPS) is 16.2. The molecule has 1 aromatic carbocycles. The summed E-state index contributed by atoms with van der Waals surface area (Å²) in [6, 6.07) is 13.3. The van der Waals surface area contributed by atoms with Crippen LogP contribution in [0.1, 0.15) is 33.3 Å². The van der Waals surface area contributed by atoms with E-state index in [1.165, 1.54) is 16.8 Å². The van der Waals surface area contributed by atoms with Gasteiger partial charge in [-0.3, -0.25) is 4.98 Å². The summed E-state index contributed by atoms with van der Waals surface area (Å²) < 4.78 is 0. The Balaban J connectivity index is 2.35. The van der Waals surface area contributed by atoms with E-state index in [2.05, 4.69) is 67.9 Å². The van der Waals surface area contributed by atoms with Crippen LogP contribution < -0.4 is 4.90 Å². The Labute approximate surface area is 115 Å². The molecule has 0 radical (unpaired) electrons. The molecule has 98 valence electrons. The number of nitrogens with zero attached hydrogens (tertiary/aromatic N) is 2. The molecule has 0 amide bonds. The Kier molecular flexibility index (Phi) is 2.63. The molecule has 19 heavy (non-hydrogen) atoms. The summed E-state index contributed by atoms with van der Waals surface area (Å²) in [5, 5.41) is 0. The number of fused-ring (bicyclic) bond motifs is 3. The quantitative estimate of drug-likeness (QED) is 0.755. The van der Waals surface area contributed by atoms with Crippen molar-refractivity contribution in [2.45, 2.75) is 39.3 Å². The maximum Gasteiger partial charge on any atom is 0.0778 e. The topological polar surface area (TPSA) is 16.1 Å². The Hall–Kier alpha value is -1.83. The Morgan fingerprint density at radius 3 is 2.53 bits per heavy atom. The summed E-state index contributed by atoms with van der Waals surface area (Å²) in [7, 11) is 0. The minimum Gasteiger partial charge on any atom is -0.359 e. The Morgan fingerprint density at radius 1 is 1.05 bits per heavy atom. The van der Waals surface area contributed by atoms with Crippen LogP contribution in [0.3, 0.4) is 0 Å². The maximum absolute atomic E-state index is 4.62. The second kappa shape index (κ2) is 4.09. The number of aromatic nitrogens is 1. The maximum atomic E-state index is 4.62. The number of benzene rings is 1. The molecular weight excluding hydrogens is 232 g/mol. The summed E-state index contributed by atoms with van der Waals surface area (Å²) in [4.78, 5) is 7.12. The van der Waals surface area contributed by atoms with E-state index in [-0.39, 0.29) is 5.54 Å². The second-order valence-corrected chi connectivity index (χ2v) is 5.94. The largest absolute Gasteiger partial charge is 0.359 e. The van der Waals surface area contributed by atoms with Crippen molar-refractivity contribution in [2.75, 3.05) is 4.90 Å². The first-order valence-corrected chi connectivity index (χ1v) is 6.87. The van der Waals surface area contributed by atoms with Gasteiger partial charge in [0.2, 0.25) is 0 Å². The van der Waals surface area contributed by atoms with Crippen molar-refractivity contribution in [2.24, 2.45) is 0 Å². The van der Waals surface area contributed by atoms with Crippen LogP contribution in [0.4, 0.5) is 5.69 Å². The lowest BCUT2D eigenvalue weighted by molar-refractivity contribution is 0.440. The first-order valence-electron chi connectivity index (χ1n) is 6.87. The molecule has 0 aliphatic carbocycles. The van der Waals surface area contributed by atoms with E-state index < -0.39 is 0 Å². The van der Waals surface area contributed by atoms with Gasteiger partial charge in [-0.05, 0) is 39.8 Å². The molecular formula is C17H20N2. The average Bonchev–Trinajstić information content (AvgIpc) is 2.38. The lowest BCUT2D eigenvalue weighted by atomic mass is 9.82. The zero-order valence-electron chi connectivity index (χ0n) is 12.0. The minimum absolute atomic E-state index is 0.0356. The molecule has 2 heteroatoms. The SMILES string of the molecule is CC(C)N1c2ccccc2-c2ncccc2C1(C)C. The third-order valence-corrected chi connectivity index (χ3v) is 4.00. The van der Waals surface area contributed by atoms with Crippen LogP contribution in [0.5, 0.6) is 0 Å². The van der Waals surface area contributed by atoms with Gasteiger partial charge in [0.25, 0.3) is 0 Å². The number of para-hydroxylation sites is 1. The van der Waals surface area contributed by atoms with Gasteiger partial charge in [-0.2, -0.15) is 0 Å². The molecule has 1 aliphatic heterocycles. The molecule has 2 heterocycles. The zero-order chi connectivity index (χ0) is 13.6. The fraction of sp³-hybridized carbons (Fsp3) is 0.353. The van der Waals surface area contributed by atoms with E-state index in [0.29, 0.717) is 6.04 Å². The van der Waals surface area contributed by atoms with E-state index in [4.69, 9.17) is 0 Å². The van der Waals surface area contributed by atoms with Crippen LogP contribution in [0.2, 0.25) is 0 Å². The standard InChI is InChI=1S/C17H20N2/c1-12(2)19-15-10-6-5-8-13(15)16-14(17(19,3)4)9-7-11-18-16/h5-12H,1-4H3. The van der Waals surface area contributed by atoms with Crippen molar-refractivity contribution in [3.63, 3.8) is 0 Å². The number of pyridine rings is 1. The van der Waals surface area contributed by atoms with Crippen LogP contribution in [0.25, 0.3) is 11.3 Å². The molecule has 1 aromatic heterocycles. The van der Waals surface area contributed by atoms with Crippen molar-refractivity contribution in [3.8, 4) is 11.3 Å². The first kappa shape index (κ1) is 12.2. The lowest BCUT2D eigenvalue weighted by Crippen LogP contribution is -2.48. The van der Waals surface area contributed by atoms with E-state index in [9.17, 15) is 0 Å². The van der Waals surface area contributed by atoms with Gasteiger partial charge in [0.05, 0.1) is 11.2 Å². The molecule has 0 saturated heterocycles. The van der Waals surface area contributed by atoms with Gasteiger partial charge in [0.1, 0.15) is 0 Å². The average molecular weight is 252 g/mol. The van der Waals surface area contributed by atoms with Gasteiger partial charge >= 0.3 is 0 Å². The molecule has 0 fully saturated rings. The highest BCUT2D eigenvalue weighted by atomic mass is 15.2. The Morgan fingerprint density at radius 2 is 1.79 bits per heavy atom. The highest BCUT2D eigenvalue weighted by molar-refractivity contribution is 5.83. The zero-order valence-corrected chi connectivity index (χ0v) is 12.0. The summed E-state index contributed by atoms with van der Waals surface area (Å²) in [5.74, 6) is 0. The van der Waals surface area contributed by atoms with E-state index in [1.54, 1.807) is 0 Å². The van der Waals surface area contributed by atoms with Gasteiger partial charge in [0.15, 0.2) is 0 Å². The smallest absolute Gasteiger partial charge is 0.0778 e. The monoisotopic (exact) mass is 252 g/mol. The van der Waals surface area contributed by atoms with Gasteiger partial charge in [-0.25, -0.2) is 0 Å². The van der Waals surface area contributed by atoms with Crippen molar-refractivity contribution in [1.82, 2.24) is 4.98 Å². The third-order valence-electron chi connectivity index (χ3n) is 4.00. The molecule has 2 aromatic rings. The minimum atomic E-state index is -0.0356. The summed E-state index contributed by atoms with van der Waals surface area (Å²) in [6.07, 6.45) is 1.89. The summed E-state index contributed by atoms with van der Waals surface area (Å²) >= 11 is 0. The van der Waals surface area contributed by atoms with Gasteiger partial charge < -0.3 is 4.90 Å². The van der Waals surface area contributed by atoms with Crippen molar-refractivity contribution in [3.05, 3.63) is 48.2 Å². The second-order valence-electron chi connectivity index (χ2n) is 5.94. The van der Waals surface area contributed by atoms with Crippen LogP contribution >= 0.6 is 0 Å². The van der Waals surface area contributed by atoms with Crippen LogP contribution in [-0.2, 0) is 5.54 Å². The molecule has 0 unspecified atom stereocenters. The summed E-state index contributed by atoms with van der Waals surface area (Å²) in [6.45, 7) is 9.06. The molecule has 0 atom stereocenters. The highest BCUT2D eigenvalue weighted by Gasteiger charge is 2.38. The van der Waals surface area contributed by atoms with E-state index in [0.717, 1.165) is 5.69 Å². The lowest BCUT2D eigenvalue weighted by Gasteiger charge is -2.48. The predicted octanol–water partition coefficient (Wildman–Crippen LogP) is 4.21. The Bertz CT molecular complexity index is 614. The van der Waals surface area contributed by atoms with Crippen molar-refractivity contribution >= 4 is 5.69 Å². The molecule has 1 aliphatic rings. The molecule has 3 rings (SSSR count). The first-order chi connectivity index (χ1) is 9.03. The van der Waals surface area contributed by atoms with E-state index in [1.807, 2.05) is 12.3 Å². The van der Waals surface area contributed by atoms with Crippen LogP contribution in [-0.4, -0.2) is 11.0 Å². The predicted molar refractivity (Wildman–Crippen MR) is 80.3 cm³/mol. The summed E-state index contributed by atoms with van der Waals surface area (Å²) in [5.41, 5.74) is 4.92. The molecule has 0 bridgehead atoms. The van der Waals surface area contributed by atoms with Crippen molar-refractivity contribution < 1.29 is 0 Å². The van der Waals surface area contributed by atoms with Crippen molar-refractivity contribution in [1.29, 1.82) is 0 Å². The van der Waals surface area contributed by atoms with Gasteiger partial charge in [-0.1, -0.05) is 24.3 Å². The highest BCUT2D eigenvalue weighted by Crippen LogP contribution is 2.47. The number of rotatable bonds is 1. The van der Waals surface area contributed by atoms with Gasteiger partial charge in [-0.15, -0.1) is 0 Å². The van der Waals surface area contributed by atoms with Crippen LogP contribution in [0.15, 0.2) is 42.6 Å². The number of anilines is 1. The fourth-order valence-electron chi connectivity index (χ4n) is 3.35. The van der Waals surface area contributed by atoms with Crippen LogP contribution in [0, 0.1) is 0 Å². The molecule has 0 N–H and O–H groups in total. The number of hydrogen-bond acceptors (Lipinski definition) is 2. The number of hydrogen-bond donors (Lipinski definition) is 0. The molecule has 2 nitrogen and oxygen atoms in total. The third kappa shape index (κ3) is 1.66. The molecule has 0 spiro atoms. The fourth-order valence-corrected chi connectivity index (χ4v) is 3.35.